The molecular formula is C14H15NO4. The molecule has 19 heavy (non-hydrogen) atoms. The van der Waals surface area contributed by atoms with E-state index in [2.05, 4.69) is 16.9 Å². The SMILES string of the molecule is COC(=O)CN1C(=O)[C@@H]2[C@@H]3C=C[C@H]([C@@H]4C[C@H]34)[C@@H]2C1=O. The van der Waals surface area contributed by atoms with Crippen LogP contribution in [0.3, 0.4) is 0 Å². The first-order valence-electron chi connectivity index (χ1n) is 6.74. The van der Waals surface area contributed by atoms with E-state index in [1.807, 2.05) is 0 Å². The van der Waals surface area contributed by atoms with Crippen LogP contribution in [-0.4, -0.2) is 36.3 Å². The van der Waals surface area contributed by atoms with Gasteiger partial charge >= 0.3 is 5.97 Å². The zero-order valence-electron chi connectivity index (χ0n) is 10.6. The highest BCUT2D eigenvalue weighted by Crippen LogP contribution is 2.65. The fourth-order valence-electron chi connectivity index (χ4n) is 4.37. The summed E-state index contributed by atoms with van der Waals surface area (Å²) in [7, 11) is 1.26. The number of likely N-dealkylation sites (tertiary alicyclic amines) is 1. The maximum Gasteiger partial charge on any atom is 0.325 e. The Morgan fingerprint density at radius 1 is 1.21 bits per heavy atom. The van der Waals surface area contributed by atoms with Gasteiger partial charge in [0.25, 0.3) is 0 Å². The third kappa shape index (κ3) is 1.28. The average molecular weight is 261 g/mol. The molecule has 2 amide bonds. The van der Waals surface area contributed by atoms with Gasteiger partial charge in [0.05, 0.1) is 18.9 Å². The van der Waals surface area contributed by atoms with Gasteiger partial charge in [0, 0.05) is 0 Å². The van der Waals surface area contributed by atoms with Crippen molar-refractivity contribution in [2.75, 3.05) is 13.7 Å². The number of carbonyl (C=O) groups excluding carboxylic acids is 3. The zero-order valence-corrected chi connectivity index (χ0v) is 10.6. The van der Waals surface area contributed by atoms with E-state index < -0.39 is 5.97 Å². The van der Waals surface area contributed by atoms with E-state index in [1.165, 1.54) is 7.11 Å². The molecule has 5 rings (SSSR count). The van der Waals surface area contributed by atoms with Crippen molar-refractivity contribution >= 4 is 17.8 Å². The second-order valence-corrected chi connectivity index (χ2v) is 5.99. The van der Waals surface area contributed by atoms with Crippen LogP contribution >= 0.6 is 0 Å². The summed E-state index contributed by atoms with van der Waals surface area (Å²) < 4.78 is 4.56. The first-order valence-corrected chi connectivity index (χ1v) is 6.74. The molecule has 4 aliphatic carbocycles. The summed E-state index contributed by atoms with van der Waals surface area (Å²) in [5.41, 5.74) is 0. The Balaban J connectivity index is 1.66. The number of rotatable bonds is 2. The largest absolute Gasteiger partial charge is 0.468 e. The first-order chi connectivity index (χ1) is 9.13. The number of amides is 2. The van der Waals surface area contributed by atoms with Crippen LogP contribution in [0.2, 0.25) is 0 Å². The summed E-state index contributed by atoms with van der Waals surface area (Å²) in [6.07, 6.45) is 5.38. The fourth-order valence-corrected chi connectivity index (χ4v) is 4.37. The number of esters is 1. The van der Waals surface area contributed by atoms with Gasteiger partial charge in [-0.2, -0.15) is 0 Å². The van der Waals surface area contributed by atoms with E-state index in [-0.39, 0.29) is 42.0 Å². The number of hydrogen-bond acceptors (Lipinski definition) is 4. The Morgan fingerprint density at radius 3 is 2.21 bits per heavy atom. The monoisotopic (exact) mass is 261 g/mol. The molecule has 0 unspecified atom stereocenters. The minimum absolute atomic E-state index is 0.176. The van der Waals surface area contributed by atoms with Gasteiger partial charge in [-0.1, -0.05) is 12.2 Å². The lowest BCUT2D eigenvalue weighted by Crippen LogP contribution is -2.40. The third-order valence-corrected chi connectivity index (χ3v) is 5.27. The van der Waals surface area contributed by atoms with Crippen molar-refractivity contribution in [1.82, 2.24) is 4.90 Å². The third-order valence-electron chi connectivity index (χ3n) is 5.27. The average Bonchev–Trinajstić information content (AvgIpc) is 3.20. The second kappa shape index (κ2) is 3.46. The molecule has 6 atom stereocenters. The van der Waals surface area contributed by atoms with Crippen molar-refractivity contribution in [3.63, 3.8) is 0 Å². The first kappa shape index (κ1) is 11.2. The van der Waals surface area contributed by atoms with Crippen molar-refractivity contribution in [1.29, 1.82) is 0 Å². The number of imide groups is 1. The minimum Gasteiger partial charge on any atom is -0.468 e. The van der Waals surface area contributed by atoms with E-state index in [9.17, 15) is 14.4 Å². The molecule has 2 saturated carbocycles. The van der Waals surface area contributed by atoms with Crippen molar-refractivity contribution in [3.8, 4) is 0 Å². The highest BCUT2D eigenvalue weighted by molar-refractivity contribution is 6.07. The highest BCUT2D eigenvalue weighted by atomic mass is 16.5. The van der Waals surface area contributed by atoms with Crippen LogP contribution in [0.4, 0.5) is 0 Å². The number of nitrogens with zero attached hydrogens (tertiary/aromatic N) is 1. The molecule has 100 valence electrons. The Bertz CT molecular complexity index is 490. The summed E-state index contributed by atoms with van der Waals surface area (Å²) >= 11 is 0. The molecule has 3 fully saturated rings. The minimum atomic E-state index is -0.536. The smallest absolute Gasteiger partial charge is 0.325 e. The van der Waals surface area contributed by atoms with Gasteiger partial charge in [-0.15, -0.1) is 0 Å². The van der Waals surface area contributed by atoms with Crippen molar-refractivity contribution in [2.24, 2.45) is 35.5 Å². The summed E-state index contributed by atoms with van der Waals surface area (Å²) in [6, 6.07) is 0. The molecule has 0 N–H and O–H groups in total. The van der Waals surface area contributed by atoms with E-state index >= 15 is 0 Å². The topological polar surface area (TPSA) is 63.7 Å². The molecule has 0 aromatic rings. The molecule has 5 nitrogen and oxygen atoms in total. The molecule has 0 aromatic heterocycles. The number of ether oxygens (including phenoxy) is 1. The molecule has 5 aliphatic rings. The summed E-state index contributed by atoms with van der Waals surface area (Å²) in [6.45, 7) is -0.240. The molecule has 0 spiro atoms. The summed E-state index contributed by atoms with van der Waals surface area (Å²) in [4.78, 5) is 37.3. The summed E-state index contributed by atoms with van der Waals surface area (Å²) in [5, 5.41) is 0. The lowest BCUT2D eigenvalue weighted by molar-refractivity contribution is -0.151. The maximum atomic E-state index is 12.4. The number of allylic oxidation sites excluding steroid dienone is 2. The van der Waals surface area contributed by atoms with Crippen LogP contribution in [0.15, 0.2) is 12.2 Å². The Labute approximate surface area is 110 Å². The predicted octanol–water partition coefficient (Wildman–Crippen LogP) is 0.212. The van der Waals surface area contributed by atoms with Crippen LogP contribution in [-0.2, 0) is 19.1 Å². The molecule has 0 radical (unpaired) electrons. The van der Waals surface area contributed by atoms with Gasteiger partial charge in [0.15, 0.2) is 0 Å². The van der Waals surface area contributed by atoms with Gasteiger partial charge in [0.1, 0.15) is 6.54 Å². The van der Waals surface area contributed by atoms with E-state index in [0.717, 1.165) is 11.3 Å². The molecule has 1 heterocycles. The molecule has 0 aromatic carbocycles. The summed E-state index contributed by atoms with van der Waals surface area (Å²) in [5.74, 6) is 0.253. The zero-order chi connectivity index (χ0) is 13.3. The van der Waals surface area contributed by atoms with Crippen LogP contribution in [0.1, 0.15) is 6.42 Å². The quantitative estimate of drug-likeness (QED) is 0.405. The number of methoxy groups -OCH3 is 1. The molecule has 2 bridgehead atoms. The lowest BCUT2D eigenvalue weighted by Gasteiger charge is -2.37. The van der Waals surface area contributed by atoms with Gasteiger partial charge in [-0.3, -0.25) is 19.3 Å². The van der Waals surface area contributed by atoms with Gasteiger partial charge < -0.3 is 4.74 Å². The standard InChI is InChI=1S/C14H15NO4/c1-19-10(16)5-15-13(17)11-6-2-3-7(9-4-8(6)9)12(11)14(15)18/h2-3,6-9,11-12H,4-5H2,1H3/t6-,7-,8-,9+,11-,12+/m1/s1. The highest BCUT2D eigenvalue weighted by Gasteiger charge is 2.67. The molecule has 5 heteroatoms. The normalized spacial score (nSPS) is 45.2. The molecule has 1 saturated heterocycles. The number of hydrogen-bond donors (Lipinski definition) is 0. The predicted molar refractivity (Wildman–Crippen MR) is 63.4 cm³/mol. The van der Waals surface area contributed by atoms with Gasteiger partial charge in [-0.05, 0) is 30.1 Å². The Kier molecular flexibility index (Phi) is 2.04. The van der Waals surface area contributed by atoms with Crippen molar-refractivity contribution < 1.29 is 19.1 Å². The fraction of sp³-hybridized carbons (Fsp3) is 0.643. The Morgan fingerprint density at radius 2 is 1.74 bits per heavy atom. The van der Waals surface area contributed by atoms with Crippen LogP contribution in [0.25, 0.3) is 0 Å². The van der Waals surface area contributed by atoms with Crippen molar-refractivity contribution in [3.05, 3.63) is 12.2 Å². The van der Waals surface area contributed by atoms with Crippen molar-refractivity contribution in [2.45, 2.75) is 6.42 Å². The molecule has 1 aliphatic heterocycles. The molecular weight excluding hydrogens is 246 g/mol. The van der Waals surface area contributed by atoms with Crippen LogP contribution < -0.4 is 0 Å². The van der Waals surface area contributed by atoms with Gasteiger partial charge in [-0.25, -0.2) is 0 Å². The van der Waals surface area contributed by atoms with Gasteiger partial charge in [0.2, 0.25) is 11.8 Å². The maximum absolute atomic E-state index is 12.4. The number of carbonyl (C=O) groups is 3. The van der Waals surface area contributed by atoms with E-state index in [0.29, 0.717) is 11.8 Å². The van der Waals surface area contributed by atoms with Crippen LogP contribution in [0.5, 0.6) is 0 Å². The van der Waals surface area contributed by atoms with Crippen LogP contribution in [0, 0.1) is 35.5 Å². The van der Waals surface area contributed by atoms with E-state index in [1.54, 1.807) is 0 Å². The Hall–Kier alpha value is -1.65. The lowest BCUT2D eigenvalue weighted by atomic mass is 9.63. The second-order valence-electron chi connectivity index (χ2n) is 5.99. The van der Waals surface area contributed by atoms with E-state index in [4.69, 9.17) is 0 Å².